The number of hydrogen-bond acceptors (Lipinski definition) is 3. The molecule has 2 aromatic rings. The zero-order valence-electron chi connectivity index (χ0n) is 15.8. The summed E-state index contributed by atoms with van der Waals surface area (Å²) in [5.41, 5.74) is 2.62. The summed E-state index contributed by atoms with van der Waals surface area (Å²) in [4.78, 5) is 14.5. The lowest BCUT2D eigenvalue weighted by atomic mass is 10.2. The summed E-state index contributed by atoms with van der Waals surface area (Å²) in [6.07, 6.45) is 0. The van der Waals surface area contributed by atoms with E-state index in [1.54, 1.807) is 4.90 Å². The van der Waals surface area contributed by atoms with E-state index in [1.807, 2.05) is 26.8 Å². The highest BCUT2D eigenvalue weighted by atomic mass is 32.2. The number of halogens is 1. The van der Waals surface area contributed by atoms with Gasteiger partial charge in [-0.15, -0.1) is 0 Å². The molecule has 6 nitrogen and oxygen atoms in total. The van der Waals surface area contributed by atoms with E-state index < -0.39 is 15.8 Å². The number of rotatable bonds is 4. The van der Waals surface area contributed by atoms with Crippen LogP contribution in [0.2, 0.25) is 0 Å². The molecule has 0 unspecified atom stereocenters. The smallest absolute Gasteiger partial charge is 0.255 e. The van der Waals surface area contributed by atoms with Crippen LogP contribution in [0.1, 0.15) is 28.7 Å². The molecule has 1 amide bonds. The summed E-state index contributed by atoms with van der Waals surface area (Å²) < 4.78 is 42.1. The van der Waals surface area contributed by atoms with Gasteiger partial charge in [0, 0.05) is 44.1 Å². The molecule has 0 aliphatic carbocycles. The number of nitrogens with zero attached hydrogens (tertiary/aromatic N) is 3. The number of aromatic nitrogens is 1. The van der Waals surface area contributed by atoms with Crippen molar-refractivity contribution < 1.29 is 17.6 Å². The van der Waals surface area contributed by atoms with Gasteiger partial charge < -0.3 is 9.47 Å². The Morgan fingerprint density at radius 3 is 2.33 bits per heavy atom. The van der Waals surface area contributed by atoms with E-state index in [0.717, 1.165) is 24.0 Å². The fraction of sp³-hybridized carbons (Fsp3) is 0.421. The first kappa shape index (κ1) is 19.6. The van der Waals surface area contributed by atoms with E-state index in [-0.39, 0.29) is 23.9 Å². The average molecular weight is 393 g/mol. The lowest BCUT2D eigenvalue weighted by molar-refractivity contribution is 0.0697. The van der Waals surface area contributed by atoms with E-state index in [0.29, 0.717) is 18.7 Å². The SMILES string of the molecule is CCn1c(C)cc(C(=O)N2CCN(S(=O)(=O)c3cccc(F)c3)CC2)c1C. The van der Waals surface area contributed by atoms with Gasteiger partial charge in [-0.1, -0.05) is 6.07 Å². The molecule has 0 bridgehead atoms. The zero-order chi connectivity index (χ0) is 19.8. The molecule has 2 heterocycles. The quantitative estimate of drug-likeness (QED) is 0.801. The molecule has 1 aromatic heterocycles. The number of piperazine rings is 1. The molecule has 1 aliphatic rings. The molecule has 0 N–H and O–H groups in total. The van der Waals surface area contributed by atoms with Crippen LogP contribution < -0.4 is 0 Å². The highest BCUT2D eigenvalue weighted by molar-refractivity contribution is 7.89. The summed E-state index contributed by atoms with van der Waals surface area (Å²) in [5, 5.41) is 0. The Morgan fingerprint density at radius 1 is 1.11 bits per heavy atom. The Morgan fingerprint density at radius 2 is 1.78 bits per heavy atom. The van der Waals surface area contributed by atoms with Crippen LogP contribution in [0.3, 0.4) is 0 Å². The summed E-state index contributed by atoms with van der Waals surface area (Å²) in [6.45, 7) is 7.72. The molecule has 3 rings (SSSR count). The first-order chi connectivity index (χ1) is 12.8. The van der Waals surface area contributed by atoms with E-state index in [1.165, 1.54) is 22.5 Å². The second-order valence-corrected chi connectivity index (χ2v) is 8.62. The van der Waals surface area contributed by atoms with Crippen LogP contribution >= 0.6 is 0 Å². The van der Waals surface area contributed by atoms with Crippen LogP contribution in [-0.2, 0) is 16.6 Å². The average Bonchev–Trinajstić information content (AvgIpc) is 2.94. The first-order valence-corrected chi connectivity index (χ1v) is 10.4. The monoisotopic (exact) mass is 393 g/mol. The first-order valence-electron chi connectivity index (χ1n) is 8.97. The molecular formula is C19H24FN3O3S. The third-order valence-electron chi connectivity index (χ3n) is 5.08. The van der Waals surface area contributed by atoms with E-state index in [4.69, 9.17) is 0 Å². The van der Waals surface area contributed by atoms with Gasteiger partial charge in [0.15, 0.2) is 0 Å². The van der Waals surface area contributed by atoms with E-state index in [2.05, 4.69) is 4.57 Å². The number of benzene rings is 1. The Labute approximate surface area is 159 Å². The third-order valence-corrected chi connectivity index (χ3v) is 6.97. The topological polar surface area (TPSA) is 62.6 Å². The Hall–Kier alpha value is -2.19. The predicted molar refractivity (Wildman–Crippen MR) is 101 cm³/mol. The maximum atomic E-state index is 13.4. The lowest BCUT2D eigenvalue weighted by Gasteiger charge is -2.34. The van der Waals surface area contributed by atoms with Crippen LogP contribution in [-0.4, -0.2) is 54.3 Å². The van der Waals surface area contributed by atoms with Gasteiger partial charge in [-0.25, -0.2) is 12.8 Å². The molecule has 0 atom stereocenters. The highest BCUT2D eigenvalue weighted by Gasteiger charge is 2.31. The molecule has 1 fully saturated rings. The molecule has 8 heteroatoms. The second-order valence-electron chi connectivity index (χ2n) is 6.68. The number of carbonyl (C=O) groups is 1. The summed E-state index contributed by atoms with van der Waals surface area (Å²) in [6, 6.07) is 6.88. The number of sulfonamides is 1. The highest BCUT2D eigenvalue weighted by Crippen LogP contribution is 2.21. The maximum Gasteiger partial charge on any atom is 0.255 e. The van der Waals surface area contributed by atoms with Crippen molar-refractivity contribution >= 4 is 15.9 Å². The zero-order valence-corrected chi connectivity index (χ0v) is 16.6. The summed E-state index contributed by atoms with van der Waals surface area (Å²) in [7, 11) is -3.76. The van der Waals surface area contributed by atoms with Gasteiger partial charge in [0.05, 0.1) is 10.5 Å². The number of hydrogen-bond donors (Lipinski definition) is 0. The number of carbonyl (C=O) groups excluding carboxylic acids is 1. The van der Waals surface area contributed by atoms with Gasteiger partial charge in [0.25, 0.3) is 5.91 Å². The molecule has 1 aliphatic heterocycles. The van der Waals surface area contributed by atoms with Crippen LogP contribution in [0, 0.1) is 19.7 Å². The van der Waals surface area contributed by atoms with Gasteiger partial charge in [0.1, 0.15) is 5.82 Å². The van der Waals surface area contributed by atoms with Crippen molar-refractivity contribution in [3.63, 3.8) is 0 Å². The van der Waals surface area contributed by atoms with E-state index in [9.17, 15) is 17.6 Å². The largest absolute Gasteiger partial charge is 0.349 e. The van der Waals surface area contributed by atoms with Crippen LogP contribution in [0.4, 0.5) is 4.39 Å². The molecule has 0 spiro atoms. The van der Waals surface area contributed by atoms with Crippen molar-refractivity contribution in [1.82, 2.24) is 13.8 Å². The molecule has 0 radical (unpaired) electrons. The van der Waals surface area contributed by atoms with Crippen molar-refractivity contribution in [3.8, 4) is 0 Å². The molecule has 1 saturated heterocycles. The standard InChI is InChI=1S/C19H24FN3O3S/c1-4-23-14(2)12-18(15(23)3)19(24)21-8-10-22(11-9-21)27(25,26)17-7-5-6-16(20)13-17/h5-7,12-13H,4,8-11H2,1-3H3. The fourth-order valence-corrected chi connectivity index (χ4v) is 5.04. The predicted octanol–water partition coefficient (Wildman–Crippen LogP) is 2.41. The molecule has 0 saturated carbocycles. The number of amides is 1. The lowest BCUT2D eigenvalue weighted by Crippen LogP contribution is -2.50. The third kappa shape index (κ3) is 3.64. The molecule has 1 aromatic carbocycles. The van der Waals surface area contributed by atoms with Gasteiger partial charge in [-0.05, 0) is 45.0 Å². The van der Waals surface area contributed by atoms with Crippen molar-refractivity contribution in [3.05, 3.63) is 53.1 Å². The van der Waals surface area contributed by atoms with Gasteiger partial charge in [0.2, 0.25) is 10.0 Å². The minimum atomic E-state index is -3.76. The van der Waals surface area contributed by atoms with E-state index >= 15 is 0 Å². The summed E-state index contributed by atoms with van der Waals surface area (Å²) in [5.74, 6) is -0.665. The Balaban J connectivity index is 1.73. The Bertz CT molecular complexity index is 961. The molecular weight excluding hydrogens is 369 g/mol. The van der Waals surface area contributed by atoms with Gasteiger partial charge in [-0.3, -0.25) is 4.79 Å². The van der Waals surface area contributed by atoms with Gasteiger partial charge >= 0.3 is 0 Å². The second kappa shape index (κ2) is 7.44. The van der Waals surface area contributed by atoms with Crippen LogP contribution in [0.25, 0.3) is 0 Å². The van der Waals surface area contributed by atoms with Crippen molar-refractivity contribution in [2.45, 2.75) is 32.2 Å². The van der Waals surface area contributed by atoms with Crippen molar-refractivity contribution in [2.75, 3.05) is 26.2 Å². The Kier molecular flexibility index (Phi) is 5.39. The minimum absolute atomic E-state index is 0.0613. The van der Waals surface area contributed by atoms with Gasteiger partial charge in [-0.2, -0.15) is 4.31 Å². The normalized spacial score (nSPS) is 15.9. The van der Waals surface area contributed by atoms with Crippen molar-refractivity contribution in [2.24, 2.45) is 0 Å². The van der Waals surface area contributed by atoms with Crippen LogP contribution in [0.15, 0.2) is 35.2 Å². The maximum absolute atomic E-state index is 13.4. The fourth-order valence-electron chi connectivity index (χ4n) is 3.58. The van der Waals surface area contributed by atoms with Crippen LogP contribution in [0.5, 0.6) is 0 Å². The summed E-state index contributed by atoms with van der Waals surface area (Å²) >= 11 is 0. The minimum Gasteiger partial charge on any atom is -0.349 e. The van der Waals surface area contributed by atoms with Crippen molar-refractivity contribution in [1.29, 1.82) is 0 Å². The molecule has 27 heavy (non-hydrogen) atoms. The number of aryl methyl sites for hydroxylation is 1. The molecule has 146 valence electrons.